The lowest BCUT2D eigenvalue weighted by Gasteiger charge is -2.18. The van der Waals surface area contributed by atoms with E-state index in [-0.39, 0.29) is 12.5 Å². The van der Waals surface area contributed by atoms with Crippen molar-refractivity contribution >= 4 is 17.7 Å². The molecule has 0 saturated carbocycles. The second kappa shape index (κ2) is 11.8. The number of nitrogens with one attached hydrogen (secondary N) is 1. The minimum Gasteiger partial charge on any atom is -0.497 e. The first-order chi connectivity index (χ1) is 19.5. The van der Waals surface area contributed by atoms with Gasteiger partial charge in [0.2, 0.25) is 0 Å². The van der Waals surface area contributed by atoms with Gasteiger partial charge in [-0.15, -0.1) is 0 Å². The summed E-state index contributed by atoms with van der Waals surface area (Å²) in [4.78, 5) is 33.6. The Labute approximate surface area is 232 Å². The van der Waals surface area contributed by atoms with Crippen LogP contribution in [0.3, 0.4) is 0 Å². The van der Waals surface area contributed by atoms with Gasteiger partial charge in [-0.3, -0.25) is 15.1 Å². The third-order valence-corrected chi connectivity index (χ3v) is 6.76. The third kappa shape index (κ3) is 5.71. The second-order valence-corrected chi connectivity index (χ2v) is 9.29. The first-order valence-corrected chi connectivity index (χ1v) is 12.8. The van der Waals surface area contributed by atoms with E-state index in [9.17, 15) is 9.59 Å². The van der Waals surface area contributed by atoms with E-state index in [0.29, 0.717) is 29.4 Å². The fourth-order valence-corrected chi connectivity index (χ4v) is 4.93. The summed E-state index contributed by atoms with van der Waals surface area (Å²) in [6, 6.07) is 27.0. The van der Waals surface area contributed by atoms with Crippen LogP contribution in [0.1, 0.15) is 35.1 Å². The SMILES string of the molecule is COc1cc(Cc2ccc(OOC(C)=O)cc2)c(NC(=O)OCC2c3ccccc3-c3ccccc32)c(OC)c1. The van der Waals surface area contributed by atoms with Gasteiger partial charge in [-0.1, -0.05) is 60.7 Å². The van der Waals surface area contributed by atoms with Crippen LogP contribution >= 0.6 is 0 Å². The van der Waals surface area contributed by atoms with Crippen molar-refractivity contribution in [1.29, 1.82) is 0 Å². The summed E-state index contributed by atoms with van der Waals surface area (Å²) in [7, 11) is 3.10. The number of hydrogen-bond donors (Lipinski definition) is 1. The van der Waals surface area contributed by atoms with Crippen LogP contribution in [0.25, 0.3) is 11.1 Å². The maximum atomic E-state index is 13.1. The molecule has 4 aromatic carbocycles. The van der Waals surface area contributed by atoms with Crippen molar-refractivity contribution in [2.75, 3.05) is 26.1 Å². The van der Waals surface area contributed by atoms with Crippen LogP contribution in [0.15, 0.2) is 84.9 Å². The van der Waals surface area contributed by atoms with E-state index in [4.69, 9.17) is 19.1 Å². The molecule has 1 N–H and O–H groups in total. The van der Waals surface area contributed by atoms with Crippen molar-refractivity contribution in [3.8, 4) is 28.4 Å². The van der Waals surface area contributed by atoms with Crippen LogP contribution < -0.4 is 19.7 Å². The van der Waals surface area contributed by atoms with E-state index in [2.05, 4.69) is 34.5 Å². The average molecular weight is 540 g/mol. The number of fused-ring (bicyclic) bond motifs is 3. The summed E-state index contributed by atoms with van der Waals surface area (Å²) in [6.07, 6.45) is -0.142. The molecule has 0 atom stereocenters. The zero-order chi connectivity index (χ0) is 28.1. The standard InChI is InChI=1S/C32H29NO7/c1-20(34)39-40-23-14-12-21(13-15-23)16-22-17-24(36-2)18-30(37-3)31(22)33-32(35)38-19-29-27-10-6-4-8-25(27)26-9-5-7-11-28(26)29/h4-15,17-18,29H,16,19H2,1-3H3,(H,33,35). The molecule has 0 bridgehead atoms. The van der Waals surface area contributed by atoms with Crippen LogP contribution in [-0.2, 0) is 20.8 Å². The van der Waals surface area contributed by atoms with Gasteiger partial charge in [0.25, 0.3) is 0 Å². The zero-order valence-corrected chi connectivity index (χ0v) is 22.4. The molecule has 1 aliphatic rings. The number of carbonyl (C=O) groups excluding carboxylic acids is 2. The van der Waals surface area contributed by atoms with Crippen molar-refractivity contribution < 1.29 is 33.6 Å². The van der Waals surface area contributed by atoms with Gasteiger partial charge in [0.15, 0.2) is 5.75 Å². The lowest BCUT2D eigenvalue weighted by molar-refractivity contribution is -0.210. The highest BCUT2D eigenvalue weighted by Crippen LogP contribution is 2.44. The van der Waals surface area contributed by atoms with Gasteiger partial charge in [0.1, 0.15) is 18.1 Å². The second-order valence-electron chi connectivity index (χ2n) is 9.29. The molecule has 8 heteroatoms. The predicted octanol–water partition coefficient (Wildman–Crippen LogP) is 6.51. The quantitative estimate of drug-likeness (QED) is 0.191. The van der Waals surface area contributed by atoms with Crippen molar-refractivity contribution in [1.82, 2.24) is 0 Å². The largest absolute Gasteiger partial charge is 0.497 e. The van der Waals surface area contributed by atoms with Crippen molar-refractivity contribution in [3.63, 3.8) is 0 Å². The van der Waals surface area contributed by atoms with Gasteiger partial charge in [0.05, 0.1) is 19.9 Å². The maximum absolute atomic E-state index is 13.1. The molecule has 1 amide bonds. The Balaban J connectivity index is 1.34. The Morgan fingerprint density at radius 1 is 0.800 bits per heavy atom. The number of rotatable bonds is 9. The summed E-state index contributed by atoms with van der Waals surface area (Å²) >= 11 is 0. The predicted molar refractivity (Wildman–Crippen MR) is 150 cm³/mol. The summed E-state index contributed by atoms with van der Waals surface area (Å²) in [5.74, 6) is 0.816. The van der Waals surface area contributed by atoms with E-state index < -0.39 is 12.1 Å². The number of benzene rings is 4. The number of amides is 1. The van der Waals surface area contributed by atoms with Crippen LogP contribution in [0, 0.1) is 0 Å². The summed E-state index contributed by atoms with van der Waals surface area (Å²) in [5.41, 5.74) is 6.77. The summed E-state index contributed by atoms with van der Waals surface area (Å²) in [5, 5.41) is 2.89. The molecule has 0 aliphatic heterocycles. The molecule has 40 heavy (non-hydrogen) atoms. The summed E-state index contributed by atoms with van der Waals surface area (Å²) in [6.45, 7) is 1.45. The Hall–Kier alpha value is -4.98. The van der Waals surface area contributed by atoms with Crippen molar-refractivity contribution in [2.45, 2.75) is 19.3 Å². The van der Waals surface area contributed by atoms with Gasteiger partial charge in [0, 0.05) is 18.9 Å². The molecular formula is C32H29NO7. The molecule has 8 nitrogen and oxygen atoms in total. The van der Waals surface area contributed by atoms with Gasteiger partial charge in [-0.2, -0.15) is 0 Å². The lowest BCUT2D eigenvalue weighted by atomic mass is 9.98. The van der Waals surface area contributed by atoms with E-state index in [1.165, 1.54) is 14.0 Å². The fourth-order valence-electron chi connectivity index (χ4n) is 4.93. The molecule has 0 unspecified atom stereocenters. The van der Waals surface area contributed by atoms with Crippen LogP contribution in [-0.4, -0.2) is 32.9 Å². The zero-order valence-electron chi connectivity index (χ0n) is 22.4. The molecule has 4 aromatic rings. The van der Waals surface area contributed by atoms with E-state index >= 15 is 0 Å². The highest BCUT2D eigenvalue weighted by molar-refractivity contribution is 5.89. The van der Waals surface area contributed by atoms with Crippen LogP contribution in [0.4, 0.5) is 10.5 Å². The monoisotopic (exact) mass is 539 g/mol. The summed E-state index contributed by atoms with van der Waals surface area (Å²) < 4.78 is 16.8. The average Bonchev–Trinajstić information content (AvgIpc) is 3.30. The Kier molecular flexibility index (Phi) is 7.87. The Morgan fingerprint density at radius 2 is 1.45 bits per heavy atom. The van der Waals surface area contributed by atoms with E-state index in [1.54, 1.807) is 25.3 Å². The van der Waals surface area contributed by atoms with Crippen molar-refractivity contribution in [2.24, 2.45) is 0 Å². The molecular weight excluding hydrogens is 510 g/mol. The molecule has 5 rings (SSSR count). The maximum Gasteiger partial charge on any atom is 0.411 e. The molecule has 0 aromatic heterocycles. The molecule has 0 spiro atoms. The molecule has 0 radical (unpaired) electrons. The van der Waals surface area contributed by atoms with Crippen LogP contribution in [0.2, 0.25) is 0 Å². The number of carbonyl (C=O) groups is 2. The first-order valence-electron chi connectivity index (χ1n) is 12.8. The smallest absolute Gasteiger partial charge is 0.411 e. The minimum absolute atomic E-state index is 0.0527. The van der Waals surface area contributed by atoms with Crippen LogP contribution in [0.5, 0.6) is 17.2 Å². The molecule has 0 heterocycles. The Morgan fingerprint density at radius 3 is 2.05 bits per heavy atom. The number of methoxy groups -OCH3 is 2. The highest BCUT2D eigenvalue weighted by atomic mass is 17.2. The minimum atomic E-state index is -0.586. The fraction of sp³-hybridized carbons (Fsp3) is 0.188. The third-order valence-electron chi connectivity index (χ3n) is 6.76. The molecule has 1 aliphatic carbocycles. The number of hydrogen-bond acceptors (Lipinski definition) is 7. The first kappa shape index (κ1) is 26.6. The van der Waals surface area contributed by atoms with Gasteiger partial charge < -0.3 is 14.2 Å². The topological polar surface area (TPSA) is 92.3 Å². The normalized spacial score (nSPS) is 11.7. The van der Waals surface area contributed by atoms with E-state index in [0.717, 1.165) is 33.4 Å². The number of anilines is 1. The number of ether oxygens (including phenoxy) is 3. The van der Waals surface area contributed by atoms with E-state index in [1.807, 2.05) is 42.5 Å². The molecule has 0 fully saturated rings. The van der Waals surface area contributed by atoms with Gasteiger partial charge >= 0.3 is 12.1 Å². The van der Waals surface area contributed by atoms with Crippen molar-refractivity contribution in [3.05, 3.63) is 107 Å². The highest BCUT2D eigenvalue weighted by Gasteiger charge is 2.29. The van der Waals surface area contributed by atoms with Gasteiger partial charge in [-0.25, -0.2) is 9.59 Å². The molecule has 0 saturated heterocycles. The Bertz CT molecular complexity index is 1490. The lowest BCUT2D eigenvalue weighted by Crippen LogP contribution is -2.19. The van der Waals surface area contributed by atoms with Gasteiger partial charge in [-0.05, 0) is 58.0 Å². The molecule has 204 valence electrons.